The standard InChI is InChI=1S/C15H15F3N2O2/c1-2-7-22-12-5-3-10(4-6-12)14-19-8-11(9-20-14)13(21)15(16,17)18/h3-6,8-9,13,21H,2,7H2,1H3. The number of aliphatic hydroxyl groups excluding tert-OH is 1. The number of hydrogen-bond acceptors (Lipinski definition) is 4. The molecule has 118 valence electrons. The molecule has 1 unspecified atom stereocenters. The summed E-state index contributed by atoms with van der Waals surface area (Å²) >= 11 is 0. The third-order valence-corrected chi connectivity index (χ3v) is 2.88. The maximum absolute atomic E-state index is 12.4. The molecule has 1 heterocycles. The number of alkyl halides is 3. The molecular formula is C15H15F3N2O2. The molecule has 0 bridgehead atoms. The minimum absolute atomic E-state index is 0.278. The first-order chi connectivity index (χ1) is 10.4. The van der Waals surface area contributed by atoms with Gasteiger partial charge in [-0.1, -0.05) is 6.92 Å². The van der Waals surface area contributed by atoms with E-state index in [1.54, 1.807) is 24.3 Å². The van der Waals surface area contributed by atoms with Crippen molar-refractivity contribution in [1.82, 2.24) is 9.97 Å². The van der Waals surface area contributed by atoms with E-state index in [0.717, 1.165) is 18.8 Å². The Hall–Kier alpha value is -2.15. The molecule has 0 aliphatic heterocycles. The third kappa shape index (κ3) is 3.94. The molecule has 0 fully saturated rings. The Morgan fingerprint density at radius 2 is 1.73 bits per heavy atom. The first kappa shape index (κ1) is 16.2. The van der Waals surface area contributed by atoms with Crippen LogP contribution in [0.4, 0.5) is 13.2 Å². The molecule has 22 heavy (non-hydrogen) atoms. The molecule has 0 saturated heterocycles. The molecule has 0 radical (unpaired) electrons. The smallest absolute Gasteiger partial charge is 0.418 e. The van der Waals surface area contributed by atoms with Crippen LogP contribution in [-0.2, 0) is 0 Å². The summed E-state index contributed by atoms with van der Waals surface area (Å²) in [4.78, 5) is 7.73. The average molecular weight is 312 g/mol. The van der Waals surface area contributed by atoms with Crippen LogP contribution in [0.15, 0.2) is 36.7 Å². The zero-order valence-electron chi connectivity index (χ0n) is 11.8. The minimum atomic E-state index is -4.73. The van der Waals surface area contributed by atoms with Gasteiger partial charge in [0.25, 0.3) is 0 Å². The highest BCUT2D eigenvalue weighted by Crippen LogP contribution is 2.32. The molecule has 1 N–H and O–H groups in total. The molecule has 0 spiro atoms. The third-order valence-electron chi connectivity index (χ3n) is 2.88. The number of halogens is 3. The molecule has 1 aromatic heterocycles. The van der Waals surface area contributed by atoms with Crippen molar-refractivity contribution in [3.05, 3.63) is 42.2 Å². The first-order valence-corrected chi connectivity index (χ1v) is 6.71. The zero-order chi connectivity index (χ0) is 16.2. The second-order valence-corrected chi connectivity index (χ2v) is 4.66. The predicted octanol–water partition coefficient (Wildman–Crippen LogP) is 3.53. The summed E-state index contributed by atoms with van der Waals surface area (Å²) in [6.07, 6.45) is -4.47. The maximum atomic E-state index is 12.4. The van der Waals surface area contributed by atoms with Crippen molar-refractivity contribution in [2.45, 2.75) is 25.6 Å². The highest BCUT2D eigenvalue weighted by molar-refractivity contribution is 5.55. The number of aliphatic hydroxyl groups is 1. The van der Waals surface area contributed by atoms with Gasteiger partial charge in [0, 0.05) is 23.5 Å². The van der Waals surface area contributed by atoms with Crippen LogP contribution in [0, 0.1) is 0 Å². The van der Waals surface area contributed by atoms with Crippen molar-refractivity contribution in [2.75, 3.05) is 6.61 Å². The molecule has 0 aliphatic carbocycles. The minimum Gasteiger partial charge on any atom is -0.494 e. The number of aromatic nitrogens is 2. The fourth-order valence-corrected chi connectivity index (χ4v) is 1.74. The van der Waals surface area contributed by atoms with Crippen molar-refractivity contribution in [3.63, 3.8) is 0 Å². The number of benzene rings is 1. The van der Waals surface area contributed by atoms with E-state index >= 15 is 0 Å². The lowest BCUT2D eigenvalue weighted by molar-refractivity contribution is -0.206. The summed E-state index contributed by atoms with van der Waals surface area (Å²) in [6.45, 7) is 2.61. The Labute approximate surface area is 125 Å². The number of rotatable bonds is 5. The van der Waals surface area contributed by atoms with Crippen LogP contribution in [0.1, 0.15) is 25.0 Å². The van der Waals surface area contributed by atoms with E-state index in [0.29, 0.717) is 17.9 Å². The fraction of sp³-hybridized carbons (Fsp3) is 0.333. The van der Waals surface area contributed by atoms with Gasteiger partial charge in [-0.2, -0.15) is 13.2 Å². The van der Waals surface area contributed by atoms with Gasteiger partial charge < -0.3 is 9.84 Å². The molecule has 0 saturated carbocycles. The molecule has 0 amide bonds. The SMILES string of the molecule is CCCOc1ccc(-c2ncc(C(O)C(F)(F)F)cn2)cc1. The first-order valence-electron chi connectivity index (χ1n) is 6.71. The second-order valence-electron chi connectivity index (χ2n) is 4.66. The van der Waals surface area contributed by atoms with Gasteiger partial charge in [-0.15, -0.1) is 0 Å². The van der Waals surface area contributed by atoms with Crippen LogP contribution >= 0.6 is 0 Å². The number of hydrogen-bond donors (Lipinski definition) is 1. The van der Waals surface area contributed by atoms with Crippen molar-refractivity contribution in [1.29, 1.82) is 0 Å². The lowest BCUT2D eigenvalue weighted by atomic mass is 10.1. The van der Waals surface area contributed by atoms with Crippen molar-refractivity contribution < 1.29 is 23.0 Å². The Morgan fingerprint density at radius 1 is 1.14 bits per heavy atom. The summed E-state index contributed by atoms with van der Waals surface area (Å²) in [5, 5.41) is 9.12. The van der Waals surface area contributed by atoms with Crippen LogP contribution in [-0.4, -0.2) is 27.9 Å². The molecule has 7 heteroatoms. The van der Waals surface area contributed by atoms with E-state index in [2.05, 4.69) is 9.97 Å². The fourth-order valence-electron chi connectivity index (χ4n) is 1.74. The molecule has 4 nitrogen and oxygen atoms in total. The maximum Gasteiger partial charge on any atom is 0.418 e. The van der Waals surface area contributed by atoms with Crippen LogP contribution in [0.25, 0.3) is 11.4 Å². The van der Waals surface area contributed by atoms with Gasteiger partial charge in [0.05, 0.1) is 6.61 Å². The Bertz CT molecular complexity index is 598. The quantitative estimate of drug-likeness (QED) is 0.917. The number of ether oxygens (including phenoxy) is 1. The highest BCUT2D eigenvalue weighted by atomic mass is 19.4. The van der Waals surface area contributed by atoms with Crippen molar-refractivity contribution in [3.8, 4) is 17.1 Å². The van der Waals surface area contributed by atoms with E-state index in [1.807, 2.05) is 6.92 Å². The molecular weight excluding hydrogens is 297 g/mol. The van der Waals surface area contributed by atoms with Gasteiger partial charge >= 0.3 is 6.18 Å². The van der Waals surface area contributed by atoms with Gasteiger partial charge in [-0.3, -0.25) is 0 Å². The Kier molecular flexibility index (Phi) is 4.97. The van der Waals surface area contributed by atoms with Crippen LogP contribution in [0.5, 0.6) is 5.75 Å². The summed E-state index contributed by atoms with van der Waals surface area (Å²) < 4.78 is 42.6. The average Bonchev–Trinajstić information content (AvgIpc) is 2.52. The van der Waals surface area contributed by atoms with E-state index in [-0.39, 0.29) is 11.4 Å². The summed E-state index contributed by atoms with van der Waals surface area (Å²) in [7, 11) is 0. The zero-order valence-corrected chi connectivity index (χ0v) is 11.8. The molecule has 1 aromatic carbocycles. The van der Waals surface area contributed by atoms with E-state index in [9.17, 15) is 13.2 Å². The summed E-state index contributed by atoms with van der Waals surface area (Å²) in [5.74, 6) is 0.981. The monoisotopic (exact) mass is 312 g/mol. The number of nitrogens with zero attached hydrogens (tertiary/aromatic N) is 2. The summed E-state index contributed by atoms with van der Waals surface area (Å²) in [6, 6.07) is 6.93. The predicted molar refractivity (Wildman–Crippen MR) is 74.3 cm³/mol. The molecule has 0 aliphatic rings. The van der Waals surface area contributed by atoms with Crippen LogP contribution in [0.2, 0.25) is 0 Å². The summed E-state index contributed by atoms with van der Waals surface area (Å²) in [5.41, 5.74) is 0.260. The second kappa shape index (κ2) is 6.74. The molecule has 2 aromatic rings. The van der Waals surface area contributed by atoms with Crippen molar-refractivity contribution in [2.24, 2.45) is 0 Å². The van der Waals surface area contributed by atoms with Crippen LogP contribution in [0.3, 0.4) is 0 Å². The highest BCUT2D eigenvalue weighted by Gasteiger charge is 2.39. The van der Waals surface area contributed by atoms with Gasteiger partial charge in [0.15, 0.2) is 11.9 Å². The Morgan fingerprint density at radius 3 is 2.23 bits per heavy atom. The normalized spacial score (nSPS) is 13.0. The lowest BCUT2D eigenvalue weighted by Gasteiger charge is -2.14. The Balaban J connectivity index is 2.13. The lowest BCUT2D eigenvalue weighted by Crippen LogP contribution is -2.20. The van der Waals surface area contributed by atoms with E-state index in [1.165, 1.54) is 0 Å². The van der Waals surface area contributed by atoms with Gasteiger partial charge in [0.2, 0.25) is 0 Å². The molecule has 2 rings (SSSR count). The largest absolute Gasteiger partial charge is 0.494 e. The van der Waals surface area contributed by atoms with E-state index in [4.69, 9.17) is 9.84 Å². The van der Waals surface area contributed by atoms with Gasteiger partial charge in [0.1, 0.15) is 5.75 Å². The topological polar surface area (TPSA) is 55.2 Å². The van der Waals surface area contributed by atoms with Crippen LogP contribution < -0.4 is 4.74 Å². The van der Waals surface area contributed by atoms with Gasteiger partial charge in [-0.25, -0.2) is 9.97 Å². The van der Waals surface area contributed by atoms with Gasteiger partial charge in [-0.05, 0) is 30.7 Å². The van der Waals surface area contributed by atoms with E-state index < -0.39 is 12.3 Å². The molecule has 1 atom stereocenters. The van der Waals surface area contributed by atoms with Crippen molar-refractivity contribution >= 4 is 0 Å².